The van der Waals surface area contributed by atoms with Gasteiger partial charge in [-0.25, -0.2) is 5.43 Å². The van der Waals surface area contributed by atoms with Gasteiger partial charge < -0.3 is 4.74 Å². The van der Waals surface area contributed by atoms with Gasteiger partial charge in [0.25, 0.3) is 0 Å². The Balaban J connectivity index is 2.02. The van der Waals surface area contributed by atoms with Crippen LogP contribution in [0.25, 0.3) is 0 Å². The van der Waals surface area contributed by atoms with Crippen molar-refractivity contribution in [2.75, 3.05) is 7.11 Å². The van der Waals surface area contributed by atoms with Crippen LogP contribution in [-0.4, -0.2) is 19.2 Å². The van der Waals surface area contributed by atoms with E-state index in [4.69, 9.17) is 4.74 Å². The lowest BCUT2D eigenvalue weighted by atomic mass is 10.1. The van der Waals surface area contributed by atoms with Gasteiger partial charge in [0.1, 0.15) is 5.75 Å². The Morgan fingerprint density at radius 3 is 2.17 bits per heavy atom. The molecule has 0 saturated carbocycles. The van der Waals surface area contributed by atoms with E-state index < -0.39 is 0 Å². The third-order valence-electron chi connectivity index (χ3n) is 4.03. The van der Waals surface area contributed by atoms with Crippen molar-refractivity contribution in [1.29, 1.82) is 0 Å². The molecule has 0 aromatic heterocycles. The van der Waals surface area contributed by atoms with Gasteiger partial charge in [0.15, 0.2) is 0 Å². The highest BCUT2D eigenvalue weighted by Gasteiger charge is 1.99. The second-order valence-corrected chi connectivity index (χ2v) is 6.14. The van der Waals surface area contributed by atoms with Crippen LogP contribution in [0.1, 0.15) is 76.7 Å². The van der Waals surface area contributed by atoms with Gasteiger partial charge >= 0.3 is 0 Å². The van der Waals surface area contributed by atoms with Crippen LogP contribution in [0.5, 0.6) is 5.75 Å². The molecule has 0 fully saturated rings. The van der Waals surface area contributed by atoms with E-state index >= 15 is 0 Å². The fraction of sp³-hybridized carbons (Fsp3) is 0.600. The number of carbonyl (C=O) groups is 1. The van der Waals surface area contributed by atoms with E-state index in [1.807, 2.05) is 24.3 Å². The zero-order chi connectivity index (χ0) is 17.5. The van der Waals surface area contributed by atoms with Crippen molar-refractivity contribution in [3.63, 3.8) is 0 Å². The Labute approximate surface area is 146 Å². The topological polar surface area (TPSA) is 50.7 Å². The highest BCUT2D eigenvalue weighted by Crippen LogP contribution is 2.11. The van der Waals surface area contributed by atoms with Crippen molar-refractivity contribution in [3.05, 3.63) is 29.8 Å². The Morgan fingerprint density at radius 2 is 1.58 bits per heavy atom. The predicted molar refractivity (Wildman–Crippen MR) is 101 cm³/mol. The lowest BCUT2D eigenvalue weighted by Crippen LogP contribution is -2.16. The molecule has 1 rings (SSSR count). The SMILES string of the molecule is CCCCCCCCCCCC(=O)N/N=C/c1ccc(OC)cc1. The maximum absolute atomic E-state index is 11.7. The molecule has 0 heterocycles. The number of hydrogen-bond acceptors (Lipinski definition) is 3. The molecule has 0 unspecified atom stereocenters. The molecule has 0 radical (unpaired) electrons. The number of benzene rings is 1. The Bertz CT molecular complexity index is 469. The molecule has 134 valence electrons. The summed E-state index contributed by atoms with van der Waals surface area (Å²) >= 11 is 0. The van der Waals surface area contributed by atoms with E-state index in [1.54, 1.807) is 13.3 Å². The van der Waals surface area contributed by atoms with Crippen LogP contribution in [0.4, 0.5) is 0 Å². The molecule has 1 aromatic carbocycles. The summed E-state index contributed by atoms with van der Waals surface area (Å²) in [5.41, 5.74) is 3.51. The quantitative estimate of drug-likeness (QED) is 0.311. The van der Waals surface area contributed by atoms with Gasteiger partial charge in [-0.15, -0.1) is 0 Å². The standard InChI is InChI=1S/C20H32N2O2/c1-3-4-5-6-7-8-9-10-11-12-20(23)22-21-17-18-13-15-19(24-2)16-14-18/h13-17H,3-12H2,1-2H3,(H,22,23)/b21-17+. The largest absolute Gasteiger partial charge is 0.497 e. The van der Waals surface area contributed by atoms with E-state index in [0.29, 0.717) is 6.42 Å². The van der Waals surface area contributed by atoms with Gasteiger partial charge in [-0.05, 0) is 36.2 Å². The minimum atomic E-state index is -0.0114. The van der Waals surface area contributed by atoms with Crippen LogP contribution in [-0.2, 0) is 4.79 Å². The number of nitrogens with one attached hydrogen (secondary N) is 1. The molecule has 24 heavy (non-hydrogen) atoms. The molecule has 0 bridgehead atoms. The number of hydrazone groups is 1. The van der Waals surface area contributed by atoms with Crippen LogP contribution in [0, 0.1) is 0 Å². The molecular formula is C20H32N2O2. The van der Waals surface area contributed by atoms with Crippen LogP contribution < -0.4 is 10.2 Å². The molecule has 1 amide bonds. The van der Waals surface area contributed by atoms with E-state index in [2.05, 4.69) is 17.5 Å². The summed E-state index contributed by atoms with van der Waals surface area (Å²) in [5, 5.41) is 3.99. The van der Waals surface area contributed by atoms with Crippen molar-refractivity contribution < 1.29 is 9.53 Å². The molecule has 0 aliphatic heterocycles. The minimum Gasteiger partial charge on any atom is -0.497 e. The van der Waals surface area contributed by atoms with Gasteiger partial charge in [-0.1, -0.05) is 58.3 Å². The Kier molecular flexibility index (Phi) is 11.4. The average Bonchev–Trinajstić information content (AvgIpc) is 2.61. The van der Waals surface area contributed by atoms with Crippen LogP contribution in [0.15, 0.2) is 29.4 Å². The molecule has 0 saturated heterocycles. The molecule has 4 nitrogen and oxygen atoms in total. The summed E-state index contributed by atoms with van der Waals surface area (Å²) in [4.78, 5) is 11.7. The molecule has 1 N–H and O–H groups in total. The molecule has 0 atom stereocenters. The van der Waals surface area contributed by atoms with Gasteiger partial charge in [0.2, 0.25) is 5.91 Å². The highest BCUT2D eigenvalue weighted by atomic mass is 16.5. The van der Waals surface area contributed by atoms with E-state index in [0.717, 1.165) is 24.2 Å². The van der Waals surface area contributed by atoms with Crippen molar-refractivity contribution in [3.8, 4) is 5.75 Å². The number of methoxy groups -OCH3 is 1. The van der Waals surface area contributed by atoms with E-state index in [9.17, 15) is 4.79 Å². The summed E-state index contributed by atoms with van der Waals surface area (Å²) in [6, 6.07) is 7.53. The second kappa shape index (κ2) is 13.6. The van der Waals surface area contributed by atoms with Gasteiger partial charge in [-0.3, -0.25) is 4.79 Å². The number of unbranched alkanes of at least 4 members (excludes halogenated alkanes) is 8. The molecule has 0 aliphatic rings. The molecular weight excluding hydrogens is 300 g/mol. The van der Waals surface area contributed by atoms with Crippen molar-refractivity contribution >= 4 is 12.1 Å². The summed E-state index contributed by atoms with van der Waals surface area (Å²) in [7, 11) is 1.63. The van der Waals surface area contributed by atoms with Gasteiger partial charge in [0, 0.05) is 6.42 Å². The minimum absolute atomic E-state index is 0.0114. The van der Waals surface area contributed by atoms with Crippen molar-refractivity contribution in [2.45, 2.75) is 71.1 Å². The highest BCUT2D eigenvalue weighted by molar-refractivity contribution is 5.82. The fourth-order valence-corrected chi connectivity index (χ4v) is 2.52. The zero-order valence-electron chi connectivity index (χ0n) is 15.2. The van der Waals surface area contributed by atoms with Crippen molar-refractivity contribution in [1.82, 2.24) is 5.43 Å². The fourth-order valence-electron chi connectivity index (χ4n) is 2.52. The molecule has 0 aliphatic carbocycles. The number of carbonyl (C=O) groups excluding carboxylic acids is 1. The first-order valence-corrected chi connectivity index (χ1v) is 9.22. The first-order chi connectivity index (χ1) is 11.8. The van der Waals surface area contributed by atoms with E-state index in [1.165, 1.54) is 44.9 Å². The molecule has 1 aromatic rings. The monoisotopic (exact) mass is 332 g/mol. The lowest BCUT2D eigenvalue weighted by molar-refractivity contribution is -0.121. The number of hydrogen-bond donors (Lipinski definition) is 1. The van der Waals surface area contributed by atoms with Crippen LogP contribution >= 0.6 is 0 Å². The summed E-state index contributed by atoms with van der Waals surface area (Å²) in [5.74, 6) is 0.796. The number of nitrogens with zero attached hydrogens (tertiary/aromatic N) is 1. The summed E-state index contributed by atoms with van der Waals surface area (Å²) in [6.07, 6.45) is 13.5. The first-order valence-electron chi connectivity index (χ1n) is 9.22. The third-order valence-corrected chi connectivity index (χ3v) is 4.03. The third kappa shape index (κ3) is 10.0. The van der Waals surface area contributed by atoms with Crippen LogP contribution in [0.2, 0.25) is 0 Å². The van der Waals surface area contributed by atoms with E-state index in [-0.39, 0.29) is 5.91 Å². The lowest BCUT2D eigenvalue weighted by Gasteiger charge is -2.02. The average molecular weight is 332 g/mol. The number of amides is 1. The van der Waals surface area contributed by atoms with Crippen LogP contribution in [0.3, 0.4) is 0 Å². The Morgan fingerprint density at radius 1 is 1.00 bits per heavy atom. The number of rotatable bonds is 13. The number of ether oxygens (including phenoxy) is 1. The Hall–Kier alpha value is -1.84. The normalized spacial score (nSPS) is 10.9. The van der Waals surface area contributed by atoms with Gasteiger partial charge in [-0.2, -0.15) is 5.10 Å². The maximum atomic E-state index is 11.7. The molecule has 4 heteroatoms. The second-order valence-electron chi connectivity index (χ2n) is 6.14. The predicted octanol–water partition coefficient (Wildman–Crippen LogP) is 5.07. The summed E-state index contributed by atoms with van der Waals surface area (Å²) < 4.78 is 5.09. The zero-order valence-corrected chi connectivity index (χ0v) is 15.2. The smallest absolute Gasteiger partial charge is 0.240 e. The van der Waals surface area contributed by atoms with Crippen molar-refractivity contribution in [2.24, 2.45) is 5.10 Å². The maximum Gasteiger partial charge on any atom is 0.240 e. The molecule has 0 spiro atoms. The van der Waals surface area contributed by atoms with Gasteiger partial charge in [0.05, 0.1) is 13.3 Å². The summed E-state index contributed by atoms with van der Waals surface area (Å²) in [6.45, 7) is 2.24. The first kappa shape index (κ1) is 20.2.